The molecule has 0 amide bonds. The number of aliphatic carboxylic acids is 4. The third kappa shape index (κ3) is 12.7. The summed E-state index contributed by atoms with van der Waals surface area (Å²) in [6, 6.07) is -0.529. The van der Waals surface area contributed by atoms with Crippen LogP contribution in [0.5, 0.6) is 0 Å². The lowest BCUT2D eigenvalue weighted by Crippen LogP contribution is -2.49. The Labute approximate surface area is 161 Å². The summed E-state index contributed by atoms with van der Waals surface area (Å²) in [6.45, 7) is 1.33. The molecule has 1 unspecified atom stereocenters. The van der Waals surface area contributed by atoms with Gasteiger partial charge in [-0.3, -0.25) is 38.7 Å². The summed E-state index contributed by atoms with van der Waals surface area (Å²) in [6.07, 6.45) is 0. The van der Waals surface area contributed by atoms with E-state index in [9.17, 15) is 24.0 Å². The second kappa shape index (κ2) is 12.8. The fourth-order valence-corrected chi connectivity index (χ4v) is 2.63. The highest BCUT2D eigenvalue weighted by molar-refractivity contribution is 5.77. The number of ketones is 1. The van der Waals surface area contributed by atoms with E-state index in [0.29, 0.717) is 0 Å². The van der Waals surface area contributed by atoms with Gasteiger partial charge in [-0.1, -0.05) is 0 Å². The molecule has 0 heterocycles. The standard InChI is InChI=1S/C16H27N3O9/c1-11(19(9-15(25)26)10-16(27)28)5-17(6-12(2)20)3-4-18(7-13(21)22)8-14(23)24/h11H,3-10H2,1-2H3,(H,21,22)(H,23,24)(H,25,26)(H,27,28). The molecule has 0 radical (unpaired) electrons. The smallest absolute Gasteiger partial charge is 0.317 e. The normalized spacial score (nSPS) is 12.3. The predicted octanol–water partition coefficient (Wildman–Crippen LogP) is -1.79. The maximum atomic E-state index is 11.5. The van der Waals surface area contributed by atoms with Crippen molar-refractivity contribution in [1.29, 1.82) is 0 Å². The van der Waals surface area contributed by atoms with E-state index < -0.39 is 56.1 Å². The maximum absolute atomic E-state index is 11.5. The number of carbonyl (C=O) groups excluding carboxylic acids is 1. The Hall–Kier alpha value is -2.57. The minimum Gasteiger partial charge on any atom is -0.480 e. The molecule has 0 aromatic carbocycles. The first kappa shape index (κ1) is 25.4. The van der Waals surface area contributed by atoms with E-state index in [0.717, 1.165) is 0 Å². The average Bonchev–Trinajstić information content (AvgIpc) is 2.49. The summed E-state index contributed by atoms with van der Waals surface area (Å²) in [5, 5.41) is 35.6. The van der Waals surface area contributed by atoms with Crippen LogP contribution in [-0.2, 0) is 24.0 Å². The van der Waals surface area contributed by atoms with Crippen LogP contribution in [0.2, 0.25) is 0 Å². The van der Waals surface area contributed by atoms with Crippen LogP contribution in [0.25, 0.3) is 0 Å². The van der Waals surface area contributed by atoms with E-state index in [-0.39, 0.29) is 32.0 Å². The van der Waals surface area contributed by atoms with Gasteiger partial charge in [-0.2, -0.15) is 0 Å². The first-order valence-corrected chi connectivity index (χ1v) is 8.46. The summed E-state index contributed by atoms with van der Waals surface area (Å²) < 4.78 is 0. The van der Waals surface area contributed by atoms with Crippen molar-refractivity contribution < 1.29 is 44.4 Å². The van der Waals surface area contributed by atoms with Crippen LogP contribution in [-0.4, -0.2) is 123 Å². The van der Waals surface area contributed by atoms with Gasteiger partial charge in [0, 0.05) is 25.7 Å². The van der Waals surface area contributed by atoms with Crippen molar-refractivity contribution in [3.8, 4) is 0 Å². The van der Waals surface area contributed by atoms with Gasteiger partial charge in [0.1, 0.15) is 5.78 Å². The van der Waals surface area contributed by atoms with Gasteiger partial charge in [-0.05, 0) is 13.8 Å². The maximum Gasteiger partial charge on any atom is 0.317 e. The summed E-state index contributed by atoms with van der Waals surface area (Å²) in [5.74, 6) is -4.97. The Morgan fingerprint density at radius 1 is 0.679 bits per heavy atom. The Bertz CT molecular complexity index is 550. The summed E-state index contributed by atoms with van der Waals surface area (Å²) in [5.41, 5.74) is 0. The molecule has 0 aromatic heterocycles. The lowest BCUT2D eigenvalue weighted by molar-refractivity contribution is -0.144. The predicted molar refractivity (Wildman–Crippen MR) is 95.1 cm³/mol. The molecule has 0 rings (SSSR count). The first-order chi connectivity index (χ1) is 12.9. The van der Waals surface area contributed by atoms with Crippen molar-refractivity contribution >= 4 is 29.7 Å². The van der Waals surface area contributed by atoms with Crippen molar-refractivity contribution in [2.75, 3.05) is 52.4 Å². The van der Waals surface area contributed by atoms with Crippen molar-refractivity contribution in [1.82, 2.24) is 14.7 Å². The number of rotatable bonds is 16. The van der Waals surface area contributed by atoms with Gasteiger partial charge in [0.05, 0.1) is 32.7 Å². The molecular weight excluding hydrogens is 378 g/mol. The van der Waals surface area contributed by atoms with Crippen molar-refractivity contribution in [3.63, 3.8) is 0 Å². The van der Waals surface area contributed by atoms with Gasteiger partial charge >= 0.3 is 23.9 Å². The molecule has 1 atom stereocenters. The summed E-state index contributed by atoms with van der Waals surface area (Å²) >= 11 is 0. The van der Waals surface area contributed by atoms with E-state index in [1.54, 1.807) is 11.8 Å². The molecule has 0 aliphatic carbocycles. The van der Waals surface area contributed by atoms with Crippen LogP contribution in [0, 0.1) is 0 Å². The topological polar surface area (TPSA) is 176 Å². The molecule has 0 fully saturated rings. The van der Waals surface area contributed by atoms with E-state index in [1.165, 1.54) is 16.7 Å². The SMILES string of the molecule is CC(=O)CN(CCN(CC(=O)O)CC(=O)O)CC(C)N(CC(=O)O)CC(=O)O. The highest BCUT2D eigenvalue weighted by atomic mass is 16.4. The molecule has 0 bridgehead atoms. The van der Waals surface area contributed by atoms with Crippen LogP contribution in [0.4, 0.5) is 0 Å². The zero-order chi connectivity index (χ0) is 21.9. The second-order valence-electron chi connectivity index (χ2n) is 6.48. The van der Waals surface area contributed by atoms with Gasteiger partial charge in [0.15, 0.2) is 0 Å². The highest BCUT2D eigenvalue weighted by Crippen LogP contribution is 2.04. The Kier molecular flexibility index (Phi) is 11.6. The van der Waals surface area contributed by atoms with Crippen molar-refractivity contribution in [2.45, 2.75) is 19.9 Å². The first-order valence-electron chi connectivity index (χ1n) is 8.46. The largest absolute Gasteiger partial charge is 0.480 e. The molecular formula is C16H27N3O9. The molecule has 0 spiro atoms. The number of Topliss-reactive ketones (excluding diaryl/α,β-unsaturated/α-hetero) is 1. The number of carboxylic acids is 4. The molecule has 160 valence electrons. The Morgan fingerprint density at radius 2 is 1.07 bits per heavy atom. The molecule has 0 aliphatic heterocycles. The molecule has 0 aromatic rings. The zero-order valence-corrected chi connectivity index (χ0v) is 15.9. The van der Waals surface area contributed by atoms with Gasteiger partial charge in [0.2, 0.25) is 0 Å². The van der Waals surface area contributed by atoms with Crippen LogP contribution in [0.1, 0.15) is 13.8 Å². The van der Waals surface area contributed by atoms with E-state index in [4.69, 9.17) is 20.4 Å². The van der Waals surface area contributed by atoms with Crippen molar-refractivity contribution in [2.24, 2.45) is 0 Å². The molecule has 0 aliphatic rings. The Morgan fingerprint density at radius 3 is 1.43 bits per heavy atom. The van der Waals surface area contributed by atoms with Gasteiger partial charge in [0.25, 0.3) is 0 Å². The van der Waals surface area contributed by atoms with E-state index >= 15 is 0 Å². The third-order valence-corrected chi connectivity index (χ3v) is 3.72. The van der Waals surface area contributed by atoms with Gasteiger partial charge in [-0.25, -0.2) is 0 Å². The Balaban J connectivity index is 5.08. The minimum absolute atomic E-state index is 0.0215. The molecule has 28 heavy (non-hydrogen) atoms. The van der Waals surface area contributed by atoms with Crippen LogP contribution >= 0.6 is 0 Å². The number of carbonyl (C=O) groups is 5. The number of carboxylic acid groups (broad SMARTS) is 4. The fraction of sp³-hybridized carbons (Fsp3) is 0.688. The minimum atomic E-state index is -1.19. The van der Waals surface area contributed by atoms with E-state index in [2.05, 4.69) is 0 Å². The lowest BCUT2D eigenvalue weighted by Gasteiger charge is -2.32. The molecule has 4 N–H and O–H groups in total. The fourth-order valence-electron chi connectivity index (χ4n) is 2.63. The average molecular weight is 405 g/mol. The molecule has 0 saturated carbocycles. The van der Waals surface area contributed by atoms with Gasteiger partial charge in [-0.15, -0.1) is 0 Å². The lowest BCUT2D eigenvalue weighted by atomic mass is 10.2. The molecule has 12 nitrogen and oxygen atoms in total. The molecule has 12 heteroatoms. The number of hydrogen-bond acceptors (Lipinski definition) is 8. The zero-order valence-electron chi connectivity index (χ0n) is 15.9. The van der Waals surface area contributed by atoms with Crippen LogP contribution in [0.3, 0.4) is 0 Å². The third-order valence-electron chi connectivity index (χ3n) is 3.72. The monoisotopic (exact) mass is 405 g/mol. The molecule has 0 saturated heterocycles. The highest BCUT2D eigenvalue weighted by Gasteiger charge is 2.23. The number of hydrogen-bond donors (Lipinski definition) is 4. The van der Waals surface area contributed by atoms with Crippen LogP contribution in [0.15, 0.2) is 0 Å². The summed E-state index contributed by atoms with van der Waals surface area (Å²) in [7, 11) is 0. The van der Waals surface area contributed by atoms with E-state index in [1.807, 2.05) is 0 Å². The van der Waals surface area contributed by atoms with Crippen molar-refractivity contribution in [3.05, 3.63) is 0 Å². The quantitative estimate of drug-likeness (QED) is 0.227. The van der Waals surface area contributed by atoms with Crippen LogP contribution < -0.4 is 0 Å². The van der Waals surface area contributed by atoms with Gasteiger partial charge < -0.3 is 20.4 Å². The second-order valence-corrected chi connectivity index (χ2v) is 6.48. The summed E-state index contributed by atoms with van der Waals surface area (Å²) in [4.78, 5) is 59.2. The number of nitrogens with zero attached hydrogens (tertiary/aromatic N) is 3.